The number of carbonyl (C=O) groups is 2. The first kappa shape index (κ1) is 74.8. The quantitative estimate of drug-likeness (QED) is 0.0541. The molecule has 93 heavy (non-hydrogen) atoms. The first-order valence-electron chi connectivity index (χ1n) is 31.6. The second-order valence-electron chi connectivity index (χ2n) is 22.9. The van der Waals surface area contributed by atoms with Crippen LogP contribution in [0, 0.1) is 17.8 Å². The minimum Gasteiger partial charge on any atom is -0.462 e. The molecule has 16 heteroatoms. The van der Waals surface area contributed by atoms with Crippen LogP contribution in [-0.2, 0) is 9.53 Å². The maximum atomic E-state index is 11.9. The van der Waals surface area contributed by atoms with Crippen LogP contribution in [0.25, 0.3) is 33.4 Å². The van der Waals surface area contributed by atoms with Gasteiger partial charge < -0.3 is 34.7 Å². The smallest absolute Gasteiger partial charge is 0.462 e. The molecule has 0 aromatic heterocycles. The Labute approximate surface area is 594 Å². The van der Waals surface area contributed by atoms with E-state index in [4.69, 9.17) is 61.2 Å². The molecule has 0 radical (unpaired) electrons. The fourth-order valence-electron chi connectivity index (χ4n) is 11.4. The summed E-state index contributed by atoms with van der Waals surface area (Å²) in [6.07, 6.45) is 14.2. The van der Waals surface area contributed by atoms with Gasteiger partial charge in [-0.05, 0) is 230 Å². The Morgan fingerprint density at radius 3 is 1.24 bits per heavy atom. The van der Waals surface area contributed by atoms with Gasteiger partial charge in [-0.2, -0.15) is 0 Å². The fourth-order valence-corrected chi connectivity index (χ4v) is 13.0. The number of hydrogen-bond donors (Lipinski definition) is 4. The molecule has 1 heterocycles. The topological polar surface area (TPSA) is 128 Å². The van der Waals surface area contributed by atoms with E-state index in [2.05, 4.69) is 77.0 Å². The lowest BCUT2D eigenvalue weighted by Gasteiger charge is -2.36. The first-order chi connectivity index (χ1) is 45.0. The second kappa shape index (κ2) is 40.1. The van der Waals surface area contributed by atoms with Crippen molar-refractivity contribution in [3.8, 4) is 33.4 Å². The Bertz CT molecular complexity index is 3640. The zero-order chi connectivity index (χ0) is 66.5. The van der Waals surface area contributed by atoms with Crippen molar-refractivity contribution in [1.29, 1.82) is 0 Å². The van der Waals surface area contributed by atoms with Crippen molar-refractivity contribution < 1.29 is 34.6 Å². The molecule has 3 fully saturated rings. The summed E-state index contributed by atoms with van der Waals surface area (Å²) >= 11 is 33.6. The third-order valence-electron chi connectivity index (χ3n) is 16.6. The Kier molecular flexibility index (Phi) is 32.3. The van der Waals surface area contributed by atoms with Crippen LogP contribution in [0.3, 0.4) is 0 Å². The molecule has 8 nitrogen and oxygen atoms in total. The molecule has 1 saturated heterocycles. The van der Waals surface area contributed by atoms with E-state index in [0.29, 0.717) is 39.5 Å². The number of rotatable bonds is 12. The van der Waals surface area contributed by atoms with Crippen LogP contribution in [-0.4, -0.2) is 59.3 Å². The van der Waals surface area contributed by atoms with Crippen molar-refractivity contribution >= 4 is 125 Å². The predicted molar refractivity (Wildman–Crippen MR) is 398 cm³/mol. The number of aliphatic hydroxyl groups is 2. The molecule has 0 spiro atoms. The predicted octanol–water partition coefficient (Wildman–Crippen LogP) is 21.5. The van der Waals surface area contributed by atoms with E-state index in [9.17, 15) is 19.8 Å². The molecule has 2 saturated carbocycles. The van der Waals surface area contributed by atoms with Crippen LogP contribution in [0.1, 0.15) is 118 Å². The van der Waals surface area contributed by atoms with Gasteiger partial charge in [0.1, 0.15) is 6.29 Å². The van der Waals surface area contributed by atoms with Crippen molar-refractivity contribution in [3.63, 3.8) is 0 Å². The van der Waals surface area contributed by atoms with Crippen molar-refractivity contribution in [2.45, 2.75) is 96.2 Å². The van der Waals surface area contributed by atoms with Crippen LogP contribution in [0.4, 0.5) is 5.69 Å². The van der Waals surface area contributed by atoms with Gasteiger partial charge in [-0.15, -0.1) is 0 Å². The third-order valence-corrected chi connectivity index (χ3v) is 20.2. The molecule has 2 unspecified atom stereocenters. The highest BCUT2D eigenvalue weighted by atomic mass is 79.9. The van der Waals surface area contributed by atoms with Gasteiger partial charge in [-0.1, -0.05) is 228 Å². The van der Waals surface area contributed by atoms with Crippen LogP contribution in [0.2, 0.25) is 20.1 Å². The summed E-state index contributed by atoms with van der Waals surface area (Å²) in [5.41, 5.74) is 10.8. The molecule has 0 bridgehead atoms. The summed E-state index contributed by atoms with van der Waals surface area (Å²) in [5.74, 6) is 0.703. The molecular weight excluding hydrogens is 1440 g/mol. The van der Waals surface area contributed by atoms with Gasteiger partial charge in [0.15, 0.2) is 0 Å². The van der Waals surface area contributed by atoms with Gasteiger partial charge in [0.2, 0.25) is 0 Å². The maximum Gasteiger partial charge on any atom is 0.488 e. The number of ether oxygens (including phenoxy) is 1. The van der Waals surface area contributed by atoms with Crippen LogP contribution in [0.5, 0.6) is 0 Å². The number of aldehydes is 1. The number of aliphatic hydroxyl groups excluding tert-OH is 2. The number of hydrogen-bond acceptors (Lipinski definition) is 8. The number of esters is 1. The highest BCUT2D eigenvalue weighted by Crippen LogP contribution is 2.40. The summed E-state index contributed by atoms with van der Waals surface area (Å²) in [4.78, 5) is 24.3. The van der Waals surface area contributed by atoms with Gasteiger partial charge in [0.05, 0.1) is 24.4 Å². The lowest BCUT2D eigenvalue weighted by Crippen LogP contribution is -2.35. The monoisotopic (exact) mass is 1520 g/mol. The zero-order valence-corrected chi connectivity index (χ0v) is 59.8. The molecule has 1 aliphatic heterocycles. The minimum atomic E-state index is -1.41. The van der Waals surface area contributed by atoms with Crippen molar-refractivity contribution in [2.24, 2.45) is 17.8 Å². The Hall–Kier alpha value is -5.58. The summed E-state index contributed by atoms with van der Waals surface area (Å²) in [7, 11) is -1.41. The Morgan fingerprint density at radius 1 is 0.484 bits per heavy atom. The van der Waals surface area contributed by atoms with E-state index in [1.54, 1.807) is 31.2 Å². The SMILES string of the molecule is Brc1ccccc1Br.CCOC(=O)c1ccc(N2CCC(C(O)c3ccccc3-c3ccc(Cl)cc3)CC2)cc1.Clc1ccc(-c2ccccc2Br)cc1.O=CC1CCCCC1.OB(O)c1ccc(Cl)cc1.OC(c1ccccc1-c1ccc(Cl)cc1)C1CCCCC1. The highest BCUT2D eigenvalue weighted by Gasteiger charge is 2.29. The van der Waals surface area contributed by atoms with Crippen molar-refractivity contribution in [3.05, 3.63) is 269 Å². The van der Waals surface area contributed by atoms with Crippen molar-refractivity contribution in [1.82, 2.24) is 0 Å². The van der Waals surface area contributed by atoms with Gasteiger partial charge in [0.25, 0.3) is 0 Å². The van der Waals surface area contributed by atoms with Gasteiger partial charge in [0, 0.05) is 58.2 Å². The Balaban J connectivity index is 0.000000172. The number of carbonyl (C=O) groups excluding carboxylic acids is 2. The van der Waals surface area contributed by atoms with Gasteiger partial charge >= 0.3 is 13.1 Å². The van der Waals surface area contributed by atoms with Crippen LogP contribution >= 0.6 is 94.2 Å². The number of piperidine rings is 1. The zero-order valence-electron chi connectivity index (χ0n) is 52.0. The first-order valence-corrected chi connectivity index (χ1v) is 35.5. The molecule has 9 aromatic rings. The number of halogens is 7. The van der Waals surface area contributed by atoms with E-state index in [1.165, 1.54) is 49.7 Å². The number of benzene rings is 9. The van der Waals surface area contributed by atoms with Crippen LogP contribution in [0.15, 0.2) is 232 Å². The second-order valence-corrected chi connectivity index (χ2v) is 27.2. The van der Waals surface area contributed by atoms with E-state index >= 15 is 0 Å². The standard InChI is InChI=1S/C27H28ClNO3.C19H21ClO.C12H8BrCl.C7H12O.C6H6BClO2.C6H4Br2/c1-2-32-27(31)21-9-13-23(14-10-21)29-17-15-20(16-18-29)26(30)25-6-4-3-5-24(25)19-7-11-22(28)12-8-19;20-16-12-10-14(11-13-16)17-8-4-5-9-18(17)19(21)15-6-2-1-3-7-15;13-12-4-2-1-3-11(12)9-5-7-10(14)8-6-9;8-6-7-4-2-1-3-5-7;8-6-3-1-5(2-4-6)7(9)10;7-5-3-1-2-4-6(5)8/h3-14,20,26,30H,2,15-18H2,1H3;4-5,8-13,15,19,21H,1-3,6-7H2;1-8H;6-7H,1-5H2;1-4,9-10H;1-4H. The summed E-state index contributed by atoms with van der Waals surface area (Å²) in [6, 6.07) is 69.7. The van der Waals surface area contributed by atoms with E-state index < -0.39 is 13.2 Å². The lowest BCUT2D eigenvalue weighted by molar-refractivity contribution is -0.111. The average molecular weight is 1520 g/mol. The Morgan fingerprint density at radius 2 is 0.849 bits per heavy atom. The summed E-state index contributed by atoms with van der Waals surface area (Å²) in [6.45, 7) is 3.91. The fraction of sp³-hybridized carbons (Fsp3) is 0.273. The molecule has 486 valence electrons. The lowest BCUT2D eigenvalue weighted by atomic mass is 9.81. The van der Waals surface area contributed by atoms with Gasteiger partial charge in [-0.25, -0.2) is 4.79 Å². The van der Waals surface area contributed by atoms with Crippen LogP contribution < -0.4 is 10.4 Å². The third kappa shape index (κ3) is 24.2. The molecular formula is C77H79BBr3Cl4NO7. The number of nitrogens with zero attached hydrogens (tertiary/aromatic N) is 1. The molecule has 3 aliphatic rings. The molecule has 4 N–H and O–H groups in total. The van der Waals surface area contributed by atoms with Gasteiger partial charge in [-0.3, -0.25) is 0 Å². The summed E-state index contributed by atoms with van der Waals surface area (Å²) < 4.78 is 8.35. The summed E-state index contributed by atoms with van der Waals surface area (Å²) in [5, 5.41) is 42.1. The van der Waals surface area contributed by atoms with Crippen molar-refractivity contribution in [2.75, 3.05) is 24.6 Å². The van der Waals surface area contributed by atoms with E-state index in [1.807, 2.05) is 170 Å². The number of anilines is 1. The average Bonchev–Trinajstić information content (AvgIpc) is 0.930. The maximum absolute atomic E-state index is 11.9. The molecule has 12 rings (SSSR count). The molecule has 0 amide bonds. The largest absolute Gasteiger partial charge is 0.488 e. The molecule has 9 aromatic carbocycles. The van der Waals surface area contributed by atoms with E-state index in [0.717, 1.165) is 120 Å². The molecule has 2 aliphatic carbocycles. The highest BCUT2D eigenvalue weighted by molar-refractivity contribution is 9.13. The normalized spacial score (nSPS) is 14.6. The van der Waals surface area contributed by atoms with E-state index in [-0.39, 0.29) is 18.0 Å². The molecule has 2 atom stereocenters. The minimum absolute atomic E-state index is 0.193.